The number of carbonyl (C=O) groups excluding carboxylic acids is 1. The van der Waals surface area contributed by atoms with Crippen molar-refractivity contribution >= 4 is 21.8 Å². The minimum atomic E-state index is 0.222. The van der Waals surface area contributed by atoms with E-state index in [2.05, 4.69) is 58.9 Å². The Labute approximate surface area is 130 Å². The Morgan fingerprint density at radius 1 is 1.20 bits per heavy atom. The number of rotatable bonds is 4. The molecule has 0 saturated carbocycles. The average molecular weight is 338 g/mol. The number of hydrogen-bond acceptors (Lipinski definition) is 1. The summed E-state index contributed by atoms with van der Waals surface area (Å²) >= 11 is 3.48. The van der Waals surface area contributed by atoms with Crippen molar-refractivity contribution in [3.05, 3.63) is 34.3 Å². The number of carbonyl (C=O) groups is 1. The number of hydrogen-bond donors (Lipinski definition) is 0. The van der Waals surface area contributed by atoms with Crippen LogP contribution < -0.4 is 0 Å². The molecular formula is C17H24BrNO. The molecule has 20 heavy (non-hydrogen) atoms. The van der Waals surface area contributed by atoms with Gasteiger partial charge in [-0.05, 0) is 49.3 Å². The Hall–Kier alpha value is -0.830. The molecule has 110 valence electrons. The molecule has 1 saturated heterocycles. The van der Waals surface area contributed by atoms with Crippen molar-refractivity contribution in [3.63, 3.8) is 0 Å². The first-order valence-corrected chi connectivity index (χ1v) is 8.49. The lowest BCUT2D eigenvalue weighted by Gasteiger charge is -2.34. The second-order valence-electron chi connectivity index (χ2n) is 5.66. The van der Waals surface area contributed by atoms with Crippen molar-refractivity contribution in [1.82, 2.24) is 4.90 Å². The molecule has 1 aromatic rings. The highest BCUT2D eigenvalue weighted by Gasteiger charge is 2.26. The van der Waals surface area contributed by atoms with Gasteiger partial charge < -0.3 is 4.90 Å². The van der Waals surface area contributed by atoms with E-state index in [9.17, 15) is 4.79 Å². The molecule has 1 aromatic carbocycles. The molecule has 1 amide bonds. The van der Waals surface area contributed by atoms with Crippen LogP contribution in [0.15, 0.2) is 28.7 Å². The van der Waals surface area contributed by atoms with Crippen molar-refractivity contribution in [2.24, 2.45) is 5.92 Å². The summed E-state index contributed by atoms with van der Waals surface area (Å²) in [5.74, 6) is 1.19. The summed E-state index contributed by atoms with van der Waals surface area (Å²) in [6, 6.07) is 8.62. The quantitative estimate of drug-likeness (QED) is 0.786. The highest BCUT2D eigenvalue weighted by molar-refractivity contribution is 9.10. The van der Waals surface area contributed by atoms with Crippen LogP contribution in [0.2, 0.25) is 0 Å². The lowest BCUT2D eigenvalue weighted by molar-refractivity contribution is -0.136. The van der Waals surface area contributed by atoms with Crippen LogP contribution >= 0.6 is 15.9 Å². The SMILES string of the molecule is CCC(CC)C(=O)N1CCC(c2ccc(Br)cc2)CC1. The van der Waals surface area contributed by atoms with Gasteiger partial charge in [0.1, 0.15) is 0 Å². The Kier molecular flexibility index (Phi) is 5.64. The minimum Gasteiger partial charge on any atom is -0.342 e. The number of benzene rings is 1. The van der Waals surface area contributed by atoms with Gasteiger partial charge in [-0.2, -0.15) is 0 Å². The van der Waals surface area contributed by atoms with E-state index in [1.54, 1.807) is 0 Å². The van der Waals surface area contributed by atoms with Crippen molar-refractivity contribution in [2.75, 3.05) is 13.1 Å². The molecule has 0 aromatic heterocycles. The second kappa shape index (κ2) is 7.26. The fraction of sp³-hybridized carbons (Fsp3) is 0.588. The van der Waals surface area contributed by atoms with Gasteiger partial charge in [0.25, 0.3) is 0 Å². The van der Waals surface area contributed by atoms with Gasteiger partial charge in [0.15, 0.2) is 0 Å². The van der Waals surface area contributed by atoms with E-state index in [1.165, 1.54) is 5.56 Å². The predicted octanol–water partition coefficient (Wildman–Crippen LogP) is 4.59. The molecule has 1 aliphatic heterocycles. The molecule has 0 atom stereocenters. The Bertz CT molecular complexity index is 431. The van der Waals surface area contributed by atoms with Gasteiger partial charge in [-0.1, -0.05) is 41.9 Å². The van der Waals surface area contributed by atoms with Gasteiger partial charge in [0.2, 0.25) is 5.91 Å². The molecule has 0 unspecified atom stereocenters. The van der Waals surface area contributed by atoms with Crippen LogP contribution in [0.3, 0.4) is 0 Å². The molecular weight excluding hydrogens is 314 g/mol. The minimum absolute atomic E-state index is 0.222. The number of piperidine rings is 1. The Morgan fingerprint density at radius 2 is 1.75 bits per heavy atom. The average Bonchev–Trinajstić information content (AvgIpc) is 2.49. The lowest BCUT2D eigenvalue weighted by atomic mass is 9.88. The summed E-state index contributed by atoms with van der Waals surface area (Å²) < 4.78 is 1.13. The zero-order chi connectivity index (χ0) is 14.5. The van der Waals surface area contributed by atoms with Gasteiger partial charge in [-0.25, -0.2) is 0 Å². The highest BCUT2D eigenvalue weighted by Crippen LogP contribution is 2.29. The third-order valence-electron chi connectivity index (χ3n) is 4.48. The van der Waals surface area contributed by atoms with E-state index >= 15 is 0 Å². The summed E-state index contributed by atoms with van der Waals surface area (Å²) in [4.78, 5) is 14.4. The Balaban J connectivity index is 1.92. The van der Waals surface area contributed by atoms with Crippen LogP contribution in [0.4, 0.5) is 0 Å². The maximum atomic E-state index is 12.4. The molecule has 1 heterocycles. The van der Waals surface area contributed by atoms with Gasteiger partial charge in [-0.3, -0.25) is 4.79 Å². The zero-order valence-corrected chi connectivity index (χ0v) is 14.0. The van der Waals surface area contributed by atoms with E-state index in [0.717, 1.165) is 43.2 Å². The second-order valence-corrected chi connectivity index (χ2v) is 6.58. The highest BCUT2D eigenvalue weighted by atomic mass is 79.9. The first-order chi connectivity index (χ1) is 9.65. The topological polar surface area (TPSA) is 20.3 Å². The lowest BCUT2D eigenvalue weighted by Crippen LogP contribution is -2.41. The summed E-state index contributed by atoms with van der Waals surface area (Å²) in [7, 11) is 0. The van der Waals surface area contributed by atoms with E-state index in [0.29, 0.717) is 11.8 Å². The molecule has 0 radical (unpaired) electrons. The van der Waals surface area contributed by atoms with Crippen molar-refractivity contribution in [1.29, 1.82) is 0 Å². The van der Waals surface area contributed by atoms with E-state index in [4.69, 9.17) is 0 Å². The molecule has 0 N–H and O–H groups in total. The maximum Gasteiger partial charge on any atom is 0.225 e. The van der Waals surface area contributed by atoms with Crippen LogP contribution in [-0.2, 0) is 4.79 Å². The molecule has 2 nitrogen and oxygen atoms in total. The predicted molar refractivity (Wildman–Crippen MR) is 86.8 cm³/mol. The number of likely N-dealkylation sites (tertiary alicyclic amines) is 1. The normalized spacial score (nSPS) is 16.7. The number of halogens is 1. The molecule has 1 aliphatic rings. The van der Waals surface area contributed by atoms with Crippen LogP contribution in [0.25, 0.3) is 0 Å². The van der Waals surface area contributed by atoms with Crippen LogP contribution in [0, 0.1) is 5.92 Å². The largest absolute Gasteiger partial charge is 0.342 e. The monoisotopic (exact) mass is 337 g/mol. The molecule has 0 aliphatic carbocycles. The molecule has 0 spiro atoms. The summed E-state index contributed by atoms with van der Waals surface area (Å²) in [6.45, 7) is 6.05. The summed E-state index contributed by atoms with van der Waals surface area (Å²) in [5, 5.41) is 0. The zero-order valence-electron chi connectivity index (χ0n) is 12.4. The summed E-state index contributed by atoms with van der Waals surface area (Å²) in [6.07, 6.45) is 4.10. The van der Waals surface area contributed by atoms with E-state index < -0.39 is 0 Å². The van der Waals surface area contributed by atoms with Gasteiger partial charge >= 0.3 is 0 Å². The summed E-state index contributed by atoms with van der Waals surface area (Å²) in [5.41, 5.74) is 1.41. The molecule has 2 rings (SSSR count). The molecule has 0 bridgehead atoms. The fourth-order valence-corrected chi connectivity index (χ4v) is 3.33. The van der Waals surface area contributed by atoms with Gasteiger partial charge in [0.05, 0.1) is 0 Å². The standard InChI is InChI=1S/C17H24BrNO/c1-3-13(4-2)17(20)19-11-9-15(10-12-19)14-5-7-16(18)8-6-14/h5-8,13,15H,3-4,9-12H2,1-2H3. The molecule has 1 fully saturated rings. The van der Waals surface area contributed by atoms with Crippen molar-refractivity contribution in [3.8, 4) is 0 Å². The van der Waals surface area contributed by atoms with Crippen LogP contribution in [0.5, 0.6) is 0 Å². The maximum absolute atomic E-state index is 12.4. The van der Waals surface area contributed by atoms with Gasteiger partial charge in [0, 0.05) is 23.5 Å². The van der Waals surface area contributed by atoms with Crippen LogP contribution in [-0.4, -0.2) is 23.9 Å². The number of amides is 1. The van der Waals surface area contributed by atoms with Crippen LogP contribution in [0.1, 0.15) is 51.0 Å². The first-order valence-electron chi connectivity index (χ1n) is 7.70. The van der Waals surface area contributed by atoms with Crippen molar-refractivity contribution < 1.29 is 4.79 Å². The van der Waals surface area contributed by atoms with E-state index in [1.807, 2.05) is 0 Å². The first kappa shape index (κ1) is 15.6. The van der Waals surface area contributed by atoms with E-state index in [-0.39, 0.29) is 5.92 Å². The fourth-order valence-electron chi connectivity index (χ4n) is 3.06. The Morgan fingerprint density at radius 3 is 2.25 bits per heavy atom. The smallest absolute Gasteiger partial charge is 0.225 e. The number of nitrogens with zero attached hydrogens (tertiary/aromatic N) is 1. The third-order valence-corrected chi connectivity index (χ3v) is 5.01. The van der Waals surface area contributed by atoms with Gasteiger partial charge in [-0.15, -0.1) is 0 Å². The molecule has 3 heteroatoms. The third kappa shape index (κ3) is 3.63. The van der Waals surface area contributed by atoms with Crippen molar-refractivity contribution in [2.45, 2.75) is 45.4 Å².